The first-order valence-corrected chi connectivity index (χ1v) is 11.6. The average Bonchev–Trinajstić information content (AvgIpc) is 2.70. The van der Waals surface area contributed by atoms with Crippen LogP contribution in [0.3, 0.4) is 0 Å². The molecule has 0 aliphatic rings. The van der Waals surface area contributed by atoms with Crippen molar-refractivity contribution in [1.82, 2.24) is 0 Å². The van der Waals surface area contributed by atoms with Crippen molar-refractivity contribution in [2.45, 2.75) is 6.92 Å². The van der Waals surface area contributed by atoms with Crippen LogP contribution < -0.4 is 15.9 Å². The zero-order chi connectivity index (χ0) is 17.7. The smallest absolute Gasteiger partial charge is 0.138 e. The highest BCUT2D eigenvalue weighted by atomic mass is 32.2. The predicted octanol–water partition coefficient (Wildman–Crippen LogP) is 5.08. The minimum absolute atomic E-state index is 0.991. The van der Waals surface area contributed by atoms with Crippen molar-refractivity contribution in [2.75, 3.05) is 6.26 Å². The summed E-state index contributed by atoms with van der Waals surface area (Å²) in [5.41, 5.74) is 0. The van der Waals surface area contributed by atoms with Gasteiger partial charge in [0.2, 0.25) is 0 Å². The number of thioether (sulfide) groups is 1. The van der Waals surface area contributed by atoms with Crippen molar-refractivity contribution in [3.8, 4) is 0 Å². The van der Waals surface area contributed by atoms with Crippen molar-refractivity contribution in [3.05, 3.63) is 101 Å². The van der Waals surface area contributed by atoms with Crippen LogP contribution in [-0.2, 0) is 12.6 Å². The Morgan fingerprint density at radius 3 is 1.28 bits per heavy atom. The predicted molar refractivity (Wildman–Crippen MR) is 119 cm³/mol. The number of hydrogen-bond donors (Lipinski definition) is 0. The SMILES string of the molecule is CS/C([S-])=C(\C)[P+](c1ccccc1)(c1ccccc1)c1ccccc1. The van der Waals surface area contributed by atoms with Crippen LogP contribution in [0.15, 0.2) is 101 Å². The van der Waals surface area contributed by atoms with Crippen molar-refractivity contribution in [3.63, 3.8) is 0 Å². The van der Waals surface area contributed by atoms with E-state index in [0.717, 1.165) is 4.24 Å². The van der Waals surface area contributed by atoms with E-state index < -0.39 is 7.26 Å². The topological polar surface area (TPSA) is 0 Å². The molecule has 0 aliphatic heterocycles. The van der Waals surface area contributed by atoms with Crippen LogP contribution in [0.4, 0.5) is 0 Å². The third-order valence-electron chi connectivity index (χ3n) is 4.41. The normalized spacial score (nSPS) is 12.6. The number of hydrogen-bond acceptors (Lipinski definition) is 2. The van der Waals surface area contributed by atoms with Crippen LogP contribution in [0.2, 0.25) is 0 Å². The largest absolute Gasteiger partial charge is 0.770 e. The highest BCUT2D eigenvalue weighted by molar-refractivity contribution is 8.11. The summed E-state index contributed by atoms with van der Waals surface area (Å²) < 4.78 is 0.991. The van der Waals surface area contributed by atoms with Gasteiger partial charge in [0.25, 0.3) is 0 Å². The van der Waals surface area contributed by atoms with Crippen LogP contribution in [-0.4, -0.2) is 6.26 Å². The van der Waals surface area contributed by atoms with Crippen molar-refractivity contribution in [1.29, 1.82) is 0 Å². The molecule has 0 unspecified atom stereocenters. The van der Waals surface area contributed by atoms with Gasteiger partial charge in [-0.05, 0) is 49.6 Å². The van der Waals surface area contributed by atoms with Crippen LogP contribution in [0.25, 0.3) is 0 Å². The summed E-state index contributed by atoms with van der Waals surface area (Å²) in [7, 11) is -1.96. The molecular weight excluding hydrogens is 359 g/mol. The van der Waals surface area contributed by atoms with E-state index in [1.165, 1.54) is 21.2 Å². The van der Waals surface area contributed by atoms with E-state index in [-0.39, 0.29) is 0 Å². The second-order valence-corrected chi connectivity index (χ2v) is 10.8. The Morgan fingerprint density at radius 1 is 0.680 bits per heavy atom. The van der Waals surface area contributed by atoms with E-state index in [4.69, 9.17) is 12.6 Å². The molecule has 3 aromatic rings. The zero-order valence-electron chi connectivity index (χ0n) is 14.4. The minimum atomic E-state index is -1.96. The Bertz CT molecular complexity index is 746. The molecule has 0 saturated heterocycles. The monoisotopic (exact) mass is 380 g/mol. The van der Waals surface area contributed by atoms with Gasteiger partial charge >= 0.3 is 0 Å². The molecule has 0 fully saturated rings. The maximum absolute atomic E-state index is 5.78. The molecule has 0 atom stereocenters. The van der Waals surface area contributed by atoms with Gasteiger partial charge in [-0.25, -0.2) is 0 Å². The minimum Gasteiger partial charge on any atom is -0.770 e. The van der Waals surface area contributed by atoms with Gasteiger partial charge in [0.05, 0.1) is 5.31 Å². The highest BCUT2D eigenvalue weighted by Gasteiger charge is 2.47. The zero-order valence-corrected chi connectivity index (χ0v) is 17.0. The molecule has 0 saturated carbocycles. The summed E-state index contributed by atoms with van der Waals surface area (Å²) >= 11 is 7.45. The molecule has 3 aromatic carbocycles. The van der Waals surface area contributed by atoms with Crippen molar-refractivity contribution >= 4 is 47.6 Å². The van der Waals surface area contributed by atoms with E-state index in [1.54, 1.807) is 11.8 Å². The Labute approximate surface area is 161 Å². The molecule has 0 heterocycles. The molecule has 0 nitrogen and oxygen atoms in total. The van der Waals surface area contributed by atoms with Gasteiger partial charge in [-0.1, -0.05) is 54.6 Å². The Hall–Kier alpha value is -1.60. The quantitative estimate of drug-likeness (QED) is 0.447. The van der Waals surface area contributed by atoms with Gasteiger partial charge < -0.3 is 12.6 Å². The Kier molecular flexibility index (Phi) is 5.96. The first kappa shape index (κ1) is 18.2. The lowest BCUT2D eigenvalue weighted by Gasteiger charge is -2.31. The van der Waals surface area contributed by atoms with Gasteiger partial charge in [-0.2, -0.15) is 11.8 Å². The molecule has 3 heteroatoms. The van der Waals surface area contributed by atoms with Crippen LogP contribution >= 0.6 is 19.0 Å². The van der Waals surface area contributed by atoms with Gasteiger partial charge in [-0.15, -0.1) is 4.24 Å². The maximum Gasteiger partial charge on any atom is 0.138 e. The van der Waals surface area contributed by atoms with Crippen molar-refractivity contribution in [2.24, 2.45) is 0 Å². The van der Waals surface area contributed by atoms with Crippen LogP contribution in [0.1, 0.15) is 6.92 Å². The standard InChI is InChI=1S/C22H21PS2/c1-18(22(24)25-2)23(19-12-6-3-7-13-19,20-14-8-4-9-15-20)21-16-10-5-11-17-21/h3-17H,1-2H3/b22-18+. The summed E-state index contributed by atoms with van der Waals surface area (Å²) in [5.74, 6) is 0. The Morgan fingerprint density at radius 2 is 1.00 bits per heavy atom. The molecule has 0 radical (unpaired) electrons. The number of benzene rings is 3. The molecule has 3 rings (SSSR count). The number of allylic oxidation sites excluding steroid dienone is 1. The molecule has 126 valence electrons. The fourth-order valence-corrected chi connectivity index (χ4v) is 8.85. The lowest BCUT2D eigenvalue weighted by molar-refractivity contribution is 1.63. The summed E-state index contributed by atoms with van der Waals surface area (Å²) in [6.07, 6.45) is 2.07. The van der Waals surface area contributed by atoms with Gasteiger partial charge in [0, 0.05) is 0 Å². The summed E-state index contributed by atoms with van der Waals surface area (Å²) in [4.78, 5) is 0. The second-order valence-electron chi connectivity index (χ2n) is 5.75. The van der Waals surface area contributed by atoms with E-state index in [1.807, 2.05) is 0 Å². The molecule has 0 aromatic heterocycles. The molecule has 0 bridgehead atoms. The fraction of sp³-hybridized carbons (Fsp3) is 0.0909. The second kappa shape index (κ2) is 8.19. The molecular formula is C22H21PS2. The van der Waals surface area contributed by atoms with E-state index in [0.29, 0.717) is 0 Å². The molecule has 0 spiro atoms. The summed E-state index contributed by atoms with van der Waals surface area (Å²) in [5, 5.41) is 5.35. The molecule has 0 amide bonds. The van der Waals surface area contributed by atoms with E-state index in [9.17, 15) is 0 Å². The van der Waals surface area contributed by atoms with Gasteiger partial charge in [0.15, 0.2) is 0 Å². The first-order valence-electron chi connectivity index (χ1n) is 8.19. The van der Waals surface area contributed by atoms with Crippen LogP contribution in [0.5, 0.6) is 0 Å². The number of rotatable bonds is 5. The Balaban J connectivity index is 2.45. The van der Waals surface area contributed by atoms with Gasteiger partial charge in [0.1, 0.15) is 23.2 Å². The van der Waals surface area contributed by atoms with Crippen LogP contribution in [0, 0.1) is 0 Å². The average molecular weight is 381 g/mol. The highest BCUT2D eigenvalue weighted by Crippen LogP contribution is 2.63. The molecule has 0 N–H and O–H groups in total. The molecule has 25 heavy (non-hydrogen) atoms. The summed E-state index contributed by atoms with van der Waals surface area (Å²) in [6, 6.07) is 32.5. The lowest BCUT2D eigenvalue weighted by Crippen LogP contribution is -2.32. The van der Waals surface area contributed by atoms with Gasteiger partial charge in [-0.3, -0.25) is 0 Å². The van der Waals surface area contributed by atoms with E-state index >= 15 is 0 Å². The third kappa shape index (κ3) is 3.40. The van der Waals surface area contributed by atoms with E-state index in [2.05, 4.69) is 104 Å². The van der Waals surface area contributed by atoms with Crippen molar-refractivity contribution < 1.29 is 0 Å². The lowest BCUT2D eigenvalue weighted by atomic mass is 10.4. The molecule has 0 aliphatic carbocycles. The maximum atomic E-state index is 5.78. The fourth-order valence-electron chi connectivity index (χ4n) is 3.27. The third-order valence-corrected chi connectivity index (χ3v) is 10.6. The first-order chi connectivity index (χ1) is 12.2. The summed E-state index contributed by atoms with van der Waals surface area (Å²) in [6.45, 7) is 2.22.